The smallest absolute Gasteiger partial charge is 0.234 e. The molecule has 8 heteroatoms. The van der Waals surface area contributed by atoms with E-state index in [9.17, 15) is 9.59 Å². The van der Waals surface area contributed by atoms with Crippen molar-refractivity contribution in [2.24, 2.45) is 5.92 Å². The van der Waals surface area contributed by atoms with Crippen LogP contribution < -0.4 is 9.80 Å². The highest BCUT2D eigenvalue weighted by Gasteiger charge is 2.38. The van der Waals surface area contributed by atoms with Gasteiger partial charge in [-0.25, -0.2) is 4.98 Å². The molecule has 0 spiro atoms. The van der Waals surface area contributed by atoms with Crippen LogP contribution in [0.1, 0.15) is 6.42 Å². The Morgan fingerprint density at radius 1 is 1.09 bits per heavy atom. The Morgan fingerprint density at radius 2 is 1.84 bits per heavy atom. The quantitative estimate of drug-likeness (QED) is 0.578. The van der Waals surface area contributed by atoms with E-state index in [0.29, 0.717) is 18.2 Å². The van der Waals surface area contributed by atoms with Gasteiger partial charge in [-0.05, 0) is 24.3 Å². The summed E-state index contributed by atoms with van der Waals surface area (Å²) < 4.78 is 6.51. The zero-order valence-electron chi connectivity index (χ0n) is 17.9. The summed E-state index contributed by atoms with van der Waals surface area (Å²) in [5, 5.41) is 0.704. The van der Waals surface area contributed by atoms with Gasteiger partial charge in [-0.3, -0.25) is 19.4 Å². The average Bonchev–Trinajstić information content (AvgIpc) is 3.44. The van der Waals surface area contributed by atoms with E-state index in [1.165, 1.54) is 11.3 Å². The lowest BCUT2D eigenvalue weighted by Gasteiger charge is -2.30. The highest BCUT2D eigenvalue weighted by Crippen LogP contribution is 2.32. The van der Waals surface area contributed by atoms with Crippen LogP contribution in [0.5, 0.6) is 0 Å². The molecular formula is C24H26N4O3S. The number of carbonyl (C=O) groups excluding carboxylic acids is 2. The number of nitrogens with zero attached hydrogens (tertiary/aromatic N) is 4. The average molecular weight is 451 g/mol. The van der Waals surface area contributed by atoms with Gasteiger partial charge in [0.15, 0.2) is 5.13 Å². The van der Waals surface area contributed by atoms with Crippen LogP contribution in [-0.4, -0.2) is 67.6 Å². The van der Waals surface area contributed by atoms with Crippen LogP contribution in [0, 0.1) is 5.92 Å². The Kier molecular flexibility index (Phi) is 6.16. The largest absolute Gasteiger partial charge is 0.379 e. The number of hydrogen-bond donors (Lipinski definition) is 0. The first-order valence-corrected chi connectivity index (χ1v) is 11.8. The number of para-hydroxylation sites is 2. The van der Waals surface area contributed by atoms with Crippen molar-refractivity contribution in [2.75, 3.05) is 55.7 Å². The standard InChI is InChI=1S/C24H26N4O3S/c29-22-16-18(17-28(22)19-6-2-1-3-7-19)23(30)27(11-10-26-12-14-31-15-13-26)24-25-20-8-4-5-9-21(20)32-24/h1-9,18H,10-17H2. The number of fused-ring (bicyclic) bond motifs is 1. The van der Waals surface area contributed by atoms with Gasteiger partial charge in [0.2, 0.25) is 11.8 Å². The molecule has 0 aliphatic carbocycles. The molecule has 32 heavy (non-hydrogen) atoms. The van der Waals surface area contributed by atoms with Gasteiger partial charge in [0.1, 0.15) is 0 Å². The normalized spacial score (nSPS) is 19.6. The van der Waals surface area contributed by atoms with Gasteiger partial charge in [0, 0.05) is 44.8 Å². The first-order valence-electron chi connectivity index (χ1n) is 11.0. The minimum absolute atomic E-state index is 0.00743. The first kappa shape index (κ1) is 21.1. The van der Waals surface area contributed by atoms with E-state index in [2.05, 4.69) is 4.90 Å². The summed E-state index contributed by atoms with van der Waals surface area (Å²) in [5.74, 6) is -0.407. The van der Waals surface area contributed by atoms with Crippen molar-refractivity contribution in [3.8, 4) is 0 Å². The highest BCUT2D eigenvalue weighted by atomic mass is 32.1. The van der Waals surface area contributed by atoms with E-state index in [1.807, 2.05) is 54.6 Å². The fourth-order valence-electron chi connectivity index (χ4n) is 4.29. The fourth-order valence-corrected chi connectivity index (χ4v) is 5.29. The lowest BCUT2D eigenvalue weighted by Crippen LogP contribution is -2.45. The number of thiazole rings is 1. The summed E-state index contributed by atoms with van der Waals surface area (Å²) in [6, 6.07) is 17.5. The van der Waals surface area contributed by atoms with E-state index in [1.54, 1.807) is 9.80 Å². The molecule has 2 aliphatic rings. The van der Waals surface area contributed by atoms with Gasteiger partial charge in [-0.1, -0.05) is 41.7 Å². The van der Waals surface area contributed by atoms with Gasteiger partial charge in [-0.2, -0.15) is 0 Å². The summed E-state index contributed by atoms with van der Waals surface area (Å²) in [6.07, 6.45) is 0.229. The monoisotopic (exact) mass is 450 g/mol. The zero-order valence-corrected chi connectivity index (χ0v) is 18.7. The molecule has 1 atom stereocenters. The maximum atomic E-state index is 13.7. The number of rotatable bonds is 6. The Hall–Kier alpha value is -2.81. The van der Waals surface area contributed by atoms with Crippen molar-refractivity contribution in [1.82, 2.24) is 9.88 Å². The fraction of sp³-hybridized carbons (Fsp3) is 0.375. The second-order valence-corrected chi connectivity index (χ2v) is 9.16. The Bertz CT molecular complexity index is 1060. The molecule has 3 heterocycles. The molecule has 1 unspecified atom stereocenters. The van der Waals surface area contributed by atoms with Crippen LogP contribution in [-0.2, 0) is 14.3 Å². The number of ether oxygens (including phenoxy) is 1. The molecule has 166 valence electrons. The summed E-state index contributed by atoms with van der Waals surface area (Å²) in [6.45, 7) is 4.89. The van der Waals surface area contributed by atoms with Crippen LogP contribution in [0.4, 0.5) is 10.8 Å². The third-order valence-corrected chi connectivity index (χ3v) is 7.12. The summed E-state index contributed by atoms with van der Waals surface area (Å²) in [7, 11) is 0. The SMILES string of the molecule is O=C1CC(C(=O)N(CCN2CCOCC2)c2nc3ccccc3s2)CN1c1ccccc1. The van der Waals surface area contributed by atoms with Gasteiger partial charge < -0.3 is 9.64 Å². The Balaban J connectivity index is 1.37. The number of hydrogen-bond acceptors (Lipinski definition) is 6. The molecule has 0 bridgehead atoms. The summed E-state index contributed by atoms with van der Waals surface area (Å²) >= 11 is 1.53. The van der Waals surface area contributed by atoms with Crippen molar-refractivity contribution >= 4 is 44.2 Å². The maximum absolute atomic E-state index is 13.7. The number of anilines is 2. The third kappa shape index (κ3) is 4.39. The van der Waals surface area contributed by atoms with Gasteiger partial charge >= 0.3 is 0 Å². The van der Waals surface area contributed by atoms with E-state index < -0.39 is 0 Å². The molecule has 3 aromatic rings. The van der Waals surface area contributed by atoms with Crippen LogP contribution in [0.3, 0.4) is 0 Å². The maximum Gasteiger partial charge on any atom is 0.234 e. The molecule has 7 nitrogen and oxygen atoms in total. The third-order valence-electron chi connectivity index (χ3n) is 6.07. The zero-order chi connectivity index (χ0) is 21.9. The second kappa shape index (κ2) is 9.36. The first-order chi connectivity index (χ1) is 15.7. The summed E-state index contributed by atoms with van der Waals surface area (Å²) in [4.78, 5) is 37.0. The van der Waals surface area contributed by atoms with Crippen LogP contribution in [0.2, 0.25) is 0 Å². The van der Waals surface area contributed by atoms with Crippen LogP contribution in [0.25, 0.3) is 10.2 Å². The number of amides is 2. The number of aromatic nitrogens is 1. The Morgan fingerprint density at radius 3 is 2.62 bits per heavy atom. The van der Waals surface area contributed by atoms with Gasteiger partial charge in [0.05, 0.1) is 29.3 Å². The number of carbonyl (C=O) groups is 2. The minimum atomic E-state index is -0.376. The second-order valence-electron chi connectivity index (χ2n) is 8.15. The molecule has 2 aliphatic heterocycles. The van der Waals surface area contributed by atoms with Gasteiger partial charge in [-0.15, -0.1) is 0 Å². The molecule has 2 amide bonds. The van der Waals surface area contributed by atoms with Crippen LogP contribution >= 0.6 is 11.3 Å². The van der Waals surface area contributed by atoms with Crippen LogP contribution in [0.15, 0.2) is 54.6 Å². The van der Waals surface area contributed by atoms with Crippen molar-refractivity contribution in [3.63, 3.8) is 0 Å². The van der Waals surface area contributed by atoms with Crippen molar-refractivity contribution < 1.29 is 14.3 Å². The summed E-state index contributed by atoms with van der Waals surface area (Å²) in [5.41, 5.74) is 1.73. The molecular weight excluding hydrogens is 424 g/mol. The lowest BCUT2D eigenvalue weighted by molar-refractivity contribution is -0.124. The molecule has 0 radical (unpaired) electrons. The number of benzene rings is 2. The highest BCUT2D eigenvalue weighted by molar-refractivity contribution is 7.22. The van der Waals surface area contributed by atoms with Crippen molar-refractivity contribution in [1.29, 1.82) is 0 Å². The molecule has 2 aromatic carbocycles. The van der Waals surface area contributed by atoms with E-state index in [-0.39, 0.29) is 24.2 Å². The molecule has 0 N–H and O–H groups in total. The van der Waals surface area contributed by atoms with E-state index in [4.69, 9.17) is 9.72 Å². The molecule has 5 rings (SSSR count). The van der Waals surface area contributed by atoms with Crippen molar-refractivity contribution in [2.45, 2.75) is 6.42 Å². The van der Waals surface area contributed by atoms with Gasteiger partial charge in [0.25, 0.3) is 0 Å². The lowest BCUT2D eigenvalue weighted by atomic mass is 10.1. The minimum Gasteiger partial charge on any atom is -0.379 e. The van der Waals surface area contributed by atoms with Crippen molar-refractivity contribution in [3.05, 3.63) is 54.6 Å². The molecule has 1 aromatic heterocycles. The number of morpholine rings is 1. The molecule has 2 saturated heterocycles. The predicted molar refractivity (Wildman–Crippen MR) is 126 cm³/mol. The molecule has 2 fully saturated rings. The Labute approximate surface area is 191 Å². The van der Waals surface area contributed by atoms with E-state index >= 15 is 0 Å². The van der Waals surface area contributed by atoms with E-state index in [0.717, 1.165) is 48.8 Å². The molecule has 0 saturated carbocycles. The topological polar surface area (TPSA) is 66.0 Å². The predicted octanol–water partition coefficient (Wildman–Crippen LogP) is 3.01.